The van der Waals surface area contributed by atoms with E-state index in [2.05, 4.69) is 51.8 Å². The molecule has 0 aliphatic carbocycles. The number of fused-ring (bicyclic) bond motifs is 1. The number of hydrogen-bond donors (Lipinski definition) is 0. The molecule has 1 aromatic rings. The highest BCUT2D eigenvalue weighted by molar-refractivity contribution is 7.10. The molecule has 0 atom stereocenters. The summed E-state index contributed by atoms with van der Waals surface area (Å²) in [6.45, 7) is 15.2. The fraction of sp³-hybridized carbons (Fsp3) is 0.733. The average Bonchev–Trinajstić information content (AvgIpc) is 2.57. The first kappa shape index (κ1) is 12.9. The van der Waals surface area contributed by atoms with Crippen molar-refractivity contribution in [1.29, 1.82) is 0 Å². The van der Waals surface area contributed by atoms with Crippen LogP contribution in [0.4, 0.5) is 5.69 Å². The van der Waals surface area contributed by atoms with Gasteiger partial charge in [0.15, 0.2) is 0 Å². The van der Waals surface area contributed by atoms with Gasteiger partial charge >= 0.3 is 0 Å². The van der Waals surface area contributed by atoms with Gasteiger partial charge in [-0.2, -0.15) is 0 Å². The Bertz CT molecular complexity index is 404. The van der Waals surface area contributed by atoms with Crippen molar-refractivity contribution in [2.75, 3.05) is 11.4 Å². The molecule has 0 fully saturated rings. The lowest BCUT2D eigenvalue weighted by atomic mass is 9.85. The Labute approximate surface area is 110 Å². The molecule has 2 rings (SSSR count). The molecule has 1 nitrogen and oxygen atoms in total. The molecule has 0 amide bonds. The summed E-state index contributed by atoms with van der Waals surface area (Å²) in [6, 6.07) is 0. The molecule has 0 N–H and O–H groups in total. The Morgan fingerprint density at radius 3 is 2.29 bits per heavy atom. The van der Waals surface area contributed by atoms with Crippen LogP contribution in [0.3, 0.4) is 0 Å². The SMILES string of the molecule is CC(C)(C)c1csc2c1N(C(C)(C)C)CCC2. The van der Waals surface area contributed by atoms with Crippen molar-refractivity contribution in [3.05, 3.63) is 15.8 Å². The lowest BCUT2D eigenvalue weighted by Crippen LogP contribution is -2.45. The molecular weight excluding hydrogens is 226 g/mol. The molecule has 1 aromatic heterocycles. The van der Waals surface area contributed by atoms with Crippen LogP contribution in [0.1, 0.15) is 58.4 Å². The van der Waals surface area contributed by atoms with Crippen LogP contribution in [0.2, 0.25) is 0 Å². The zero-order valence-corrected chi connectivity index (χ0v) is 12.9. The predicted molar refractivity (Wildman–Crippen MR) is 78.4 cm³/mol. The number of rotatable bonds is 0. The summed E-state index contributed by atoms with van der Waals surface area (Å²) in [5.74, 6) is 0. The molecular formula is C15H25NS. The first-order valence-corrected chi connectivity index (χ1v) is 7.48. The molecule has 17 heavy (non-hydrogen) atoms. The van der Waals surface area contributed by atoms with Crippen LogP contribution in [0, 0.1) is 0 Å². The minimum Gasteiger partial charge on any atom is -0.366 e. The van der Waals surface area contributed by atoms with Crippen LogP contribution in [0.15, 0.2) is 5.38 Å². The minimum atomic E-state index is 0.232. The largest absolute Gasteiger partial charge is 0.366 e. The molecule has 1 aliphatic heterocycles. The van der Waals surface area contributed by atoms with Gasteiger partial charge in [0.1, 0.15) is 0 Å². The van der Waals surface area contributed by atoms with Gasteiger partial charge in [0.25, 0.3) is 0 Å². The monoisotopic (exact) mass is 251 g/mol. The van der Waals surface area contributed by atoms with Gasteiger partial charge in [0.05, 0.1) is 5.69 Å². The molecule has 2 heteroatoms. The molecule has 0 spiro atoms. The van der Waals surface area contributed by atoms with Gasteiger partial charge in [-0.25, -0.2) is 0 Å². The van der Waals surface area contributed by atoms with Gasteiger partial charge in [-0.1, -0.05) is 20.8 Å². The second-order valence-electron chi connectivity index (χ2n) is 7.10. The van der Waals surface area contributed by atoms with E-state index < -0.39 is 0 Å². The molecule has 1 aliphatic rings. The maximum Gasteiger partial charge on any atom is 0.0549 e. The van der Waals surface area contributed by atoms with Crippen molar-refractivity contribution < 1.29 is 0 Å². The lowest BCUT2D eigenvalue weighted by Gasteiger charge is -2.42. The molecule has 0 saturated heterocycles. The Kier molecular flexibility index (Phi) is 3.05. The molecule has 96 valence electrons. The average molecular weight is 251 g/mol. The van der Waals surface area contributed by atoms with E-state index in [1.165, 1.54) is 24.9 Å². The Balaban J connectivity index is 2.52. The van der Waals surface area contributed by atoms with Crippen LogP contribution >= 0.6 is 11.3 Å². The topological polar surface area (TPSA) is 3.24 Å². The summed E-state index contributed by atoms with van der Waals surface area (Å²) < 4.78 is 0. The summed E-state index contributed by atoms with van der Waals surface area (Å²) in [7, 11) is 0. The van der Waals surface area contributed by atoms with Crippen molar-refractivity contribution >= 4 is 17.0 Å². The van der Waals surface area contributed by atoms with Crippen LogP contribution in [-0.2, 0) is 11.8 Å². The second-order valence-corrected chi connectivity index (χ2v) is 8.06. The zero-order chi connectivity index (χ0) is 12.8. The molecule has 0 saturated carbocycles. The third kappa shape index (κ3) is 2.37. The van der Waals surface area contributed by atoms with Crippen LogP contribution in [-0.4, -0.2) is 12.1 Å². The number of hydrogen-bond acceptors (Lipinski definition) is 2. The van der Waals surface area contributed by atoms with E-state index in [0.717, 1.165) is 0 Å². The normalized spacial score (nSPS) is 17.2. The van der Waals surface area contributed by atoms with Gasteiger partial charge < -0.3 is 4.90 Å². The molecule has 0 unspecified atom stereocenters. The first-order valence-electron chi connectivity index (χ1n) is 6.60. The Morgan fingerprint density at radius 1 is 1.12 bits per heavy atom. The van der Waals surface area contributed by atoms with E-state index in [1.807, 2.05) is 11.3 Å². The van der Waals surface area contributed by atoms with Gasteiger partial charge in [-0.15, -0.1) is 11.3 Å². The van der Waals surface area contributed by atoms with E-state index >= 15 is 0 Å². The van der Waals surface area contributed by atoms with Gasteiger partial charge in [0.2, 0.25) is 0 Å². The van der Waals surface area contributed by atoms with E-state index in [9.17, 15) is 0 Å². The van der Waals surface area contributed by atoms with Crippen molar-refractivity contribution in [1.82, 2.24) is 0 Å². The van der Waals surface area contributed by atoms with Crippen molar-refractivity contribution in [3.63, 3.8) is 0 Å². The highest BCUT2D eigenvalue weighted by Gasteiger charge is 2.32. The van der Waals surface area contributed by atoms with Gasteiger partial charge in [-0.05, 0) is 50.0 Å². The van der Waals surface area contributed by atoms with E-state index in [-0.39, 0.29) is 11.0 Å². The minimum absolute atomic E-state index is 0.232. The van der Waals surface area contributed by atoms with E-state index in [1.54, 1.807) is 10.6 Å². The molecule has 2 heterocycles. The second kappa shape index (κ2) is 4.01. The third-order valence-electron chi connectivity index (χ3n) is 3.51. The maximum atomic E-state index is 2.61. The predicted octanol–water partition coefficient (Wildman–Crippen LogP) is 4.60. The summed E-state index contributed by atoms with van der Waals surface area (Å²) in [4.78, 5) is 4.21. The van der Waals surface area contributed by atoms with Gasteiger partial charge in [-0.3, -0.25) is 0 Å². The molecule has 0 bridgehead atoms. The standard InChI is InChI=1S/C15H25NS/c1-14(2,3)11-10-17-12-8-7-9-16(13(11)12)15(4,5)6/h10H,7-9H2,1-6H3. The first-order chi connectivity index (χ1) is 7.71. The third-order valence-corrected chi connectivity index (χ3v) is 4.55. The number of anilines is 1. The van der Waals surface area contributed by atoms with Crippen LogP contribution in [0.5, 0.6) is 0 Å². The quantitative estimate of drug-likeness (QED) is 0.651. The molecule has 0 radical (unpaired) electrons. The summed E-state index contributed by atoms with van der Waals surface area (Å²) in [5, 5.41) is 2.38. The van der Waals surface area contributed by atoms with Crippen molar-refractivity contribution in [2.24, 2.45) is 0 Å². The zero-order valence-electron chi connectivity index (χ0n) is 12.1. The number of thiophene rings is 1. The fourth-order valence-corrected chi connectivity index (χ4v) is 3.90. The summed E-state index contributed by atoms with van der Waals surface area (Å²) >= 11 is 1.96. The molecule has 0 aromatic carbocycles. The summed E-state index contributed by atoms with van der Waals surface area (Å²) in [5.41, 5.74) is 3.56. The maximum absolute atomic E-state index is 2.61. The van der Waals surface area contributed by atoms with Crippen molar-refractivity contribution in [2.45, 2.75) is 65.3 Å². The van der Waals surface area contributed by atoms with E-state index in [4.69, 9.17) is 0 Å². The highest BCUT2D eigenvalue weighted by atomic mass is 32.1. The van der Waals surface area contributed by atoms with E-state index in [0.29, 0.717) is 0 Å². The Morgan fingerprint density at radius 2 is 1.76 bits per heavy atom. The smallest absolute Gasteiger partial charge is 0.0549 e. The van der Waals surface area contributed by atoms with Gasteiger partial charge in [0, 0.05) is 17.0 Å². The number of aryl methyl sites for hydroxylation is 1. The van der Waals surface area contributed by atoms with Crippen molar-refractivity contribution in [3.8, 4) is 0 Å². The fourth-order valence-electron chi connectivity index (χ4n) is 2.58. The lowest BCUT2D eigenvalue weighted by molar-refractivity contribution is 0.477. The van der Waals surface area contributed by atoms with Crippen LogP contribution < -0.4 is 4.90 Å². The van der Waals surface area contributed by atoms with Crippen LogP contribution in [0.25, 0.3) is 0 Å². The highest BCUT2D eigenvalue weighted by Crippen LogP contribution is 2.44. The number of nitrogens with zero attached hydrogens (tertiary/aromatic N) is 1. The summed E-state index contributed by atoms with van der Waals surface area (Å²) in [6.07, 6.45) is 2.57. The Hall–Kier alpha value is -0.500.